The molecule has 0 fully saturated rings. The van der Waals surface area contributed by atoms with E-state index >= 15 is 0 Å². The third-order valence-electron chi connectivity index (χ3n) is 2.75. The summed E-state index contributed by atoms with van der Waals surface area (Å²) in [6.45, 7) is 6.87. The van der Waals surface area contributed by atoms with Crippen molar-refractivity contribution >= 4 is 23.5 Å². The van der Waals surface area contributed by atoms with E-state index in [9.17, 15) is 14.7 Å². The molecular weight excluding hydrogens is 244 g/mol. The Morgan fingerprint density at radius 3 is 2.29 bits per heavy atom. The van der Waals surface area contributed by atoms with E-state index in [1.165, 1.54) is 5.54 Å². The Hall–Kier alpha value is -1.03. The molecule has 1 N–H and O–H groups in total. The van der Waals surface area contributed by atoms with Gasteiger partial charge >= 0.3 is 11.9 Å². The van der Waals surface area contributed by atoms with Crippen molar-refractivity contribution in [3.63, 3.8) is 0 Å². The fourth-order valence-corrected chi connectivity index (χ4v) is 1.74. The molecule has 0 aromatic heterocycles. The van der Waals surface area contributed by atoms with Crippen LogP contribution in [0.25, 0.3) is 0 Å². The predicted octanol–water partition coefficient (Wildman–Crippen LogP) is 2.81. The number of allylic oxidation sites excluding steroid dienone is 1. The third kappa shape index (κ3) is 3.46. The fraction of sp³-hybridized carbons (Fsp3) is 0.667. The van der Waals surface area contributed by atoms with Crippen LogP contribution in [-0.2, 0) is 14.3 Å². The average molecular weight is 263 g/mol. The number of aliphatic carboxylic acids is 1. The molecule has 1 unspecified atom stereocenters. The Kier molecular flexibility index (Phi) is 6.24. The molecule has 98 valence electrons. The number of carbonyl (C=O) groups is 2. The molecular formula is C12H19ClO4. The minimum atomic E-state index is -1.56. The van der Waals surface area contributed by atoms with Crippen molar-refractivity contribution in [2.45, 2.75) is 34.1 Å². The summed E-state index contributed by atoms with van der Waals surface area (Å²) in [6.07, 6.45) is 0.0579. The molecule has 5 heteroatoms. The molecule has 0 aliphatic rings. The molecule has 0 aromatic carbocycles. The fourth-order valence-electron chi connectivity index (χ4n) is 1.66. The second-order valence-electron chi connectivity index (χ2n) is 4.28. The van der Waals surface area contributed by atoms with Crippen LogP contribution in [0.1, 0.15) is 34.1 Å². The minimum Gasteiger partial charge on any atom is -0.480 e. The normalized spacial score (nSPS) is 15.5. The summed E-state index contributed by atoms with van der Waals surface area (Å²) in [5.41, 5.74) is 0.362. The van der Waals surface area contributed by atoms with E-state index in [2.05, 4.69) is 0 Å². The van der Waals surface area contributed by atoms with Crippen molar-refractivity contribution in [1.29, 1.82) is 0 Å². The van der Waals surface area contributed by atoms with Gasteiger partial charge in [-0.2, -0.15) is 0 Å². The van der Waals surface area contributed by atoms with E-state index in [1.807, 2.05) is 0 Å². The summed E-state index contributed by atoms with van der Waals surface area (Å²) in [5.74, 6) is -2.27. The lowest BCUT2D eigenvalue weighted by atomic mass is 9.73. The zero-order valence-corrected chi connectivity index (χ0v) is 11.4. The first-order valence-corrected chi connectivity index (χ1v) is 5.93. The molecule has 0 saturated carbocycles. The standard InChI is InChI=1S/C12H19ClO4/c1-5-17-11(16)12(8(2)3,10(14)15)6-9(4)7-13/h7-8H,5-6H2,1-4H3,(H,14,15). The minimum absolute atomic E-state index is 0.0579. The number of hydrogen-bond donors (Lipinski definition) is 1. The topological polar surface area (TPSA) is 63.6 Å². The molecule has 0 heterocycles. The van der Waals surface area contributed by atoms with Gasteiger partial charge in [0.1, 0.15) is 0 Å². The first-order chi connectivity index (χ1) is 7.82. The van der Waals surface area contributed by atoms with Crippen LogP contribution in [0.5, 0.6) is 0 Å². The van der Waals surface area contributed by atoms with E-state index in [0.717, 1.165) is 0 Å². The number of esters is 1. The van der Waals surface area contributed by atoms with Crippen LogP contribution in [-0.4, -0.2) is 23.7 Å². The maximum Gasteiger partial charge on any atom is 0.324 e. The van der Waals surface area contributed by atoms with Crippen molar-refractivity contribution in [3.05, 3.63) is 11.1 Å². The van der Waals surface area contributed by atoms with E-state index in [0.29, 0.717) is 5.57 Å². The lowest BCUT2D eigenvalue weighted by molar-refractivity contribution is -0.172. The number of rotatable bonds is 6. The second kappa shape index (κ2) is 6.64. The van der Waals surface area contributed by atoms with Crippen LogP contribution in [0.4, 0.5) is 0 Å². The molecule has 17 heavy (non-hydrogen) atoms. The second-order valence-corrected chi connectivity index (χ2v) is 4.50. The maximum atomic E-state index is 11.9. The monoisotopic (exact) mass is 262 g/mol. The van der Waals surface area contributed by atoms with Crippen molar-refractivity contribution in [1.82, 2.24) is 0 Å². The first kappa shape index (κ1) is 16.0. The summed E-state index contributed by atoms with van der Waals surface area (Å²) in [4.78, 5) is 23.4. The average Bonchev–Trinajstić information content (AvgIpc) is 2.24. The molecule has 0 saturated heterocycles. The molecule has 0 aliphatic carbocycles. The van der Waals surface area contributed by atoms with Gasteiger partial charge in [-0.15, -0.1) is 0 Å². The summed E-state index contributed by atoms with van der Waals surface area (Å²) in [5, 5.41) is 9.36. The van der Waals surface area contributed by atoms with Gasteiger partial charge in [-0.05, 0) is 26.2 Å². The van der Waals surface area contributed by atoms with Crippen molar-refractivity contribution in [2.75, 3.05) is 6.61 Å². The van der Waals surface area contributed by atoms with Crippen molar-refractivity contribution in [3.8, 4) is 0 Å². The van der Waals surface area contributed by atoms with Crippen LogP contribution in [0.2, 0.25) is 0 Å². The molecule has 0 radical (unpaired) electrons. The van der Waals surface area contributed by atoms with Crippen LogP contribution in [0.15, 0.2) is 11.1 Å². The van der Waals surface area contributed by atoms with Crippen molar-refractivity contribution < 1.29 is 19.4 Å². The van der Waals surface area contributed by atoms with Gasteiger partial charge in [-0.25, -0.2) is 0 Å². The Morgan fingerprint density at radius 1 is 1.47 bits per heavy atom. The van der Waals surface area contributed by atoms with Crippen LogP contribution in [0, 0.1) is 11.3 Å². The van der Waals surface area contributed by atoms with Crippen LogP contribution in [0.3, 0.4) is 0 Å². The summed E-state index contributed by atoms with van der Waals surface area (Å²) < 4.78 is 4.89. The Bertz CT molecular complexity index is 322. The molecule has 0 spiro atoms. The number of halogens is 1. The largest absolute Gasteiger partial charge is 0.480 e. The highest BCUT2D eigenvalue weighted by molar-refractivity contribution is 6.25. The smallest absolute Gasteiger partial charge is 0.324 e. The Labute approximate surface area is 107 Å². The number of carboxylic acid groups (broad SMARTS) is 1. The lowest BCUT2D eigenvalue weighted by Crippen LogP contribution is -2.45. The van der Waals surface area contributed by atoms with Crippen LogP contribution >= 0.6 is 11.6 Å². The third-order valence-corrected chi connectivity index (χ3v) is 3.12. The van der Waals surface area contributed by atoms with E-state index < -0.39 is 17.4 Å². The molecule has 0 bridgehead atoms. The zero-order valence-electron chi connectivity index (χ0n) is 10.6. The molecule has 4 nitrogen and oxygen atoms in total. The predicted molar refractivity (Wildman–Crippen MR) is 65.8 cm³/mol. The SMILES string of the molecule is CCOC(=O)C(CC(C)=CCl)(C(=O)O)C(C)C. The first-order valence-electron chi connectivity index (χ1n) is 5.49. The van der Waals surface area contributed by atoms with Gasteiger partial charge in [0.05, 0.1) is 6.61 Å². The molecule has 0 amide bonds. The maximum absolute atomic E-state index is 11.9. The highest BCUT2D eigenvalue weighted by Gasteiger charge is 2.50. The van der Waals surface area contributed by atoms with Gasteiger partial charge < -0.3 is 9.84 Å². The summed E-state index contributed by atoms with van der Waals surface area (Å²) in [7, 11) is 0. The van der Waals surface area contributed by atoms with Gasteiger partial charge in [-0.3, -0.25) is 9.59 Å². The number of ether oxygens (including phenoxy) is 1. The molecule has 0 aliphatic heterocycles. The number of hydrogen-bond acceptors (Lipinski definition) is 3. The van der Waals surface area contributed by atoms with Crippen molar-refractivity contribution in [2.24, 2.45) is 11.3 Å². The van der Waals surface area contributed by atoms with E-state index in [1.54, 1.807) is 27.7 Å². The van der Waals surface area contributed by atoms with Gasteiger partial charge in [0, 0.05) is 5.54 Å². The Morgan fingerprint density at radius 2 is 2.00 bits per heavy atom. The summed E-state index contributed by atoms with van der Waals surface area (Å²) in [6, 6.07) is 0. The van der Waals surface area contributed by atoms with Gasteiger partial charge in [0.25, 0.3) is 0 Å². The Balaban J connectivity index is 5.43. The van der Waals surface area contributed by atoms with Gasteiger partial charge in [0.2, 0.25) is 0 Å². The molecule has 0 aromatic rings. The summed E-state index contributed by atoms with van der Waals surface area (Å²) >= 11 is 5.54. The lowest BCUT2D eigenvalue weighted by Gasteiger charge is -2.31. The molecule has 0 rings (SSSR count). The highest BCUT2D eigenvalue weighted by atomic mass is 35.5. The molecule has 1 atom stereocenters. The quantitative estimate of drug-likeness (QED) is 0.591. The van der Waals surface area contributed by atoms with E-state index in [-0.39, 0.29) is 18.9 Å². The highest BCUT2D eigenvalue weighted by Crippen LogP contribution is 2.36. The number of carbonyl (C=O) groups excluding carboxylic acids is 1. The zero-order chi connectivity index (χ0) is 13.6. The van der Waals surface area contributed by atoms with Gasteiger partial charge in [-0.1, -0.05) is 31.0 Å². The van der Waals surface area contributed by atoms with Crippen LogP contribution < -0.4 is 0 Å². The van der Waals surface area contributed by atoms with Gasteiger partial charge in [0.15, 0.2) is 5.41 Å². The van der Waals surface area contributed by atoms with E-state index in [4.69, 9.17) is 16.3 Å². The number of carboxylic acids is 1.